The third kappa shape index (κ3) is 2.05. The number of nitrogens with zero attached hydrogens (tertiary/aromatic N) is 4. The second kappa shape index (κ2) is 4.71. The van der Waals surface area contributed by atoms with E-state index < -0.39 is 0 Å². The Morgan fingerprint density at radius 1 is 1.44 bits per heavy atom. The molecule has 2 N–H and O–H groups in total. The van der Waals surface area contributed by atoms with Gasteiger partial charge in [-0.3, -0.25) is 0 Å². The Morgan fingerprint density at radius 2 is 2.39 bits per heavy atom. The van der Waals surface area contributed by atoms with Crippen molar-refractivity contribution in [3.8, 4) is 23.0 Å². The maximum atomic E-state index is 5.48. The zero-order valence-corrected chi connectivity index (χ0v) is 10.3. The maximum absolute atomic E-state index is 5.48. The first kappa shape index (κ1) is 11.1. The summed E-state index contributed by atoms with van der Waals surface area (Å²) in [6.45, 7) is 1.29. The fourth-order valence-electron chi connectivity index (χ4n) is 1.58. The lowest BCUT2D eigenvalue weighted by molar-refractivity contribution is 0.431. The van der Waals surface area contributed by atoms with E-state index in [1.165, 1.54) is 0 Å². The van der Waals surface area contributed by atoms with Crippen molar-refractivity contribution in [2.45, 2.75) is 6.54 Å². The average molecular weight is 261 g/mol. The minimum atomic E-state index is 0.423. The first-order valence-electron chi connectivity index (χ1n) is 5.45. The van der Waals surface area contributed by atoms with Crippen LogP contribution >= 0.6 is 11.3 Å². The molecule has 0 atom stereocenters. The highest BCUT2D eigenvalue weighted by atomic mass is 32.1. The van der Waals surface area contributed by atoms with Gasteiger partial charge in [-0.25, -0.2) is 4.98 Å². The molecule has 6 nitrogen and oxygen atoms in total. The Hall–Kier alpha value is -1.99. The van der Waals surface area contributed by atoms with Crippen LogP contribution in [0.1, 0.15) is 0 Å². The second-order valence-corrected chi connectivity index (χ2v) is 4.50. The van der Waals surface area contributed by atoms with Crippen LogP contribution in [0.3, 0.4) is 0 Å². The van der Waals surface area contributed by atoms with Crippen LogP contribution < -0.4 is 5.73 Å². The van der Waals surface area contributed by atoms with E-state index in [0.717, 1.165) is 12.1 Å². The van der Waals surface area contributed by atoms with Crippen LogP contribution in [-0.4, -0.2) is 26.2 Å². The van der Waals surface area contributed by atoms with E-state index in [1.54, 1.807) is 17.7 Å². The van der Waals surface area contributed by atoms with Crippen LogP contribution in [0.15, 0.2) is 33.9 Å². The van der Waals surface area contributed by atoms with Crippen molar-refractivity contribution in [1.82, 2.24) is 19.7 Å². The quantitative estimate of drug-likeness (QED) is 0.771. The van der Waals surface area contributed by atoms with Gasteiger partial charge in [0.25, 0.3) is 5.89 Å². The Labute approximate surface area is 107 Å². The molecule has 92 valence electrons. The summed E-state index contributed by atoms with van der Waals surface area (Å²) in [5, 5.41) is 7.88. The minimum absolute atomic E-state index is 0.423. The molecule has 0 aliphatic rings. The first-order chi connectivity index (χ1) is 8.86. The molecule has 3 rings (SSSR count). The molecule has 0 saturated carbocycles. The third-order valence-electron chi connectivity index (χ3n) is 2.45. The molecule has 0 saturated heterocycles. The number of imidazole rings is 1. The Bertz CT molecular complexity index is 627. The fraction of sp³-hybridized carbons (Fsp3) is 0.182. The molecule has 0 spiro atoms. The molecule has 0 unspecified atom stereocenters. The molecule has 3 aromatic heterocycles. The molecular weight excluding hydrogens is 250 g/mol. The lowest BCUT2D eigenvalue weighted by Crippen LogP contribution is -2.07. The molecular formula is C11H11N5OS. The Balaban J connectivity index is 1.88. The van der Waals surface area contributed by atoms with Gasteiger partial charge < -0.3 is 14.8 Å². The van der Waals surface area contributed by atoms with Crippen LogP contribution in [0.25, 0.3) is 23.0 Å². The van der Waals surface area contributed by atoms with Gasteiger partial charge in [0.15, 0.2) is 0 Å². The largest absolute Gasteiger partial charge is 0.335 e. The van der Waals surface area contributed by atoms with Crippen LogP contribution in [-0.2, 0) is 6.54 Å². The van der Waals surface area contributed by atoms with Crippen molar-refractivity contribution >= 4 is 11.3 Å². The van der Waals surface area contributed by atoms with E-state index in [1.807, 2.05) is 27.6 Å². The van der Waals surface area contributed by atoms with Gasteiger partial charge in [-0.1, -0.05) is 5.16 Å². The van der Waals surface area contributed by atoms with Gasteiger partial charge in [0.05, 0.1) is 6.33 Å². The molecule has 0 aliphatic carbocycles. The van der Waals surface area contributed by atoms with Gasteiger partial charge in [0.1, 0.15) is 5.69 Å². The highest BCUT2D eigenvalue weighted by Crippen LogP contribution is 2.22. The monoisotopic (exact) mass is 261 g/mol. The van der Waals surface area contributed by atoms with Gasteiger partial charge in [-0.2, -0.15) is 16.3 Å². The molecule has 3 aromatic rings. The fourth-order valence-corrected chi connectivity index (χ4v) is 2.21. The molecule has 7 heteroatoms. The third-order valence-corrected chi connectivity index (χ3v) is 3.13. The summed E-state index contributed by atoms with van der Waals surface area (Å²) < 4.78 is 7.10. The molecule has 0 amide bonds. The molecule has 0 fully saturated rings. The van der Waals surface area contributed by atoms with E-state index in [-0.39, 0.29) is 0 Å². The van der Waals surface area contributed by atoms with E-state index in [0.29, 0.717) is 24.0 Å². The molecule has 18 heavy (non-hydrogen) atoms. The summed E-state index contributed by atoms with van der Waals surface area (Å²) in [5.74, 6) is 1.01. The van der Waals surface area contributed by atoms with Crippen LogP contribution in [0.4, 0.5) is 0 Å². The second-order valence-electron chi connectivity index (χ2n) is 3.72. The number of rotatable bonds is 4. The number of nitrogens with two attached hydrogens (primary N) is 1. The van der Waals surface area contributed by atoms with Crippen molar-refractivity contribution < 1.29 is 4.52 Å². The zero-order chi connectivity index (χ0) is 12.4. The number of hydrogen-bond acceptors (Lipinski definition) is 6. The lowest BCUT2D eigenvalue weighted by atomic mass is 10.3. The smallest absolute Gasteiger partial charge is 0.278 e. The average Bonchev–Trinajstić information content (AvgIpc) is 3.10. The molecule has 0 aliphatic heterocycles. The van der Waals surface area contributed by atoms with E-state index >= 15 is 0 Å². The van der Waals surface area contributed by atoms with E-state index in [9.17, 15) is 0 Å². The van der Waals surface area contributed by atoms with Crippen molar-refractivity contribution in [2.24, 2.45) is 5.73 Å². The van der Waals surface area contributed by atoms with Crippen LogP contribution in [0.2, 0.25) is 0 Å². The predicted molar refractivity (Wildman–Crippen MR) is 67.9 cm³/mol. The summed E-state index contributed by atoms with van der Waals surface area (Å²) in [4.78, 5) is 8.53. The zero-order valence-electron chi connectivity index (χ0n) is 9.48. The summed E-state index contributed by atoms with van der Waals surface area (Å²) in [6.07, 6.45) is 3.55. The Morgan fingerprint density at radius 3 is 3.17 bits per heavy atom. The predicted octanol–water partition coefficient (Wildman–Crippen LogP) is 1.62. The topological polar surface area (TPSA) is 82.8 Å². The maximum Gasteiger partial charge on any atom is 0.278 e. The van der Waals surface area contributed by atoms with Gasteiger partial charge in [-0.15, -0.1) is 0 Å². The van der Waals surface area contributed by atoms with Gasteiger partial charge in [0.2, 0.25) is 5.82 Å². The van der Waals surface area contributed by atoms with Gasteiger partial charge in [-0.05, 0) is 11.4 Å². The Kier molecular flexibility index (Phi) is 2.91. The number of aromatic nitrogens is 4. The summed E-state index contributed by atoms with van der Waals surface area (Å²) in [7, 11) is 0. The summed E-state index contributed by atoms with van der Waals surface area (Å²) in [5.41, 5.74) is 7.10. The molecule has 0 bridgehead atoms. The molecule has 0 radical (unpaired) electrons. The van der Waals surface area contributed by atoms with E-state index in [2.05, 4.69) is 15.1 Å². The highest BCUT2D eigenvalue weighted by molar-refractivity contribution is 7.08. The van der Waals surface area contributed by atoms with Crippen LogP contribution in [0.5, 0.6) is 0 Å². The summed E-state index contributed by atoms with van der Waals surface area (Å²) in [6, 6.07) is 1.95. The van der Waals surface area contributed by atoms with Crippen LogP contribution in [0, 0.1) is 0 Å². The molecule has 0 aromatic carbocycles. The van der Waals surface area contributed by atoms with Gasteiger partial charge >= 0.3 is 0 Å². The molecule has 3 heterocycles. The van der Waals surface area contributed by atoms with Crippen molar-refractivity contribution in [3.63, 3.8) is 0 Å². The van der Waals surface area contributed by atoms with E-state index in [4.69, 9.17) is 10.3 Å². The normalized spacial score (nSPS) is 10.9. The van der Waals surface area contributed by atoms with Crippen molar-refractivity contribution in [1.29, 1.82) is 0 Å². The highest BCUT2D eigenvalue weighted by Gasteiger charge is 2.12. The SMILES string of the molecule is NCCn1cnc(-c2nc(-c3ccsc3)no2)c1. The number of hydrogen-bond donors (Lipinski definition) is 1. The standard InChI is InChI=1S/C11H11N5OS/c12-2-3-16-5-9(13-7-16)11-14-10(15-17-11)8-1-4-18-6-8/h1,4-7H,2-3,12H2. The first-order valence-corrected chi connectivity index (χ1v) is 6.39. The number of thiophene rings is 1. The van der Waals surface area contributed by atoms with Crippen molar-refractivity contribution in [2.75, 3.05) is 6.54 Å². The summed E-state index contributed by atoms with van der Waals surface area (Å²) >= 11 is 1.59. The lowest BCUT2D eigenvalue weighted by Gasteiger charge is -1.94. The minimum Gasteiger partial charge on any atom is -0.335 e. The van der Waals surface area contributed by atoms with Gasteiger partial charge in [0, 0.05) is 30.2 Å². The van der Waals surface area contributed by atoms with Crippen molar-refractivity contribution in [3.05, 3.63) is 29.4 Å².